The van der Waals surface area contributed by atoms with Gasteiger partial charge in [0, 0.05) is 12.2 Å². The van der Waals surface area contributed by atoms with Gasteiger partial charge in [0.25, 0.3) is 0 Å². The third-order valence-corrected chi connectivity index (χ3v) is 4.23. The molecule has 1 saturated heterocycles. The van der Waals surface area contributed by atoms with Crippen molar-refractivity contribution in [3.63, 3.8) is 0 Å². The van der Waals surface area contributed by atoms with Gasteiger partial charge >= 0.3 is 0 Å². The molecule has 2 aromatic rings. The number of aromatic nitrogens is 3. The number of aryl methyl sites for hydroxylation is 1. The molecule has 84 valence electrons. The Kier molecular flexibility index (Phi) is 2.59. The quantitative estimate of drug-likeness (QED) is 0.759. The Bertz CT molecular complexity index is 500. The Labute approximate surface area is 99.3 Å². The minimum Gasteiger partial charge on any atom is -0.310 e. The SMILES string of the molecule is Cc1nc2cccnc2n1C1CCSCC1. The van der Waals surface area contributed by atoms with E-state index in [-0.39, 0.29) is 0 Å². The topological polar surface area (TPSA) is 30.7 Å². The maximum Gasteiger partial charge on any atom is 0.160 e. The van der Waals surface area contributed by atoms with Crippen molar-refractivity contribution in [2.24, 2.45) is 0 Å². The molecule has 4 heteroatoms. The first-order chi connectivity index (χ1) is 7.86. The molecule has 0 atom stereocenters. The zero-order valence-corrected chi connectivity index (χ0v) is 10.2. The summed E-state index contributed by atoms with van der Waals surface area (Å²) in [5.41, 5.74) is 2.08. The van der Waals surface area contributed by atoms with Crippen LogP contribution in [0.4, 0.5) is 0 Å². The lowest BCUT2D eigenvalue weighted by Crippen LogP contribution is -2.16. The number of thioether (sulfide) groups is 1. The summed E-state index contributed by atoms with van der Waals surface area (Å²) in [6.07, 6.45) is 4.35. The van der Waals surface area contributed by atoms with E-state index in [4.69, 9.17) is 0 Å². The number of nitrogens with zero attached hydrogens (tertiary/aromatic N) is 3. The molecule has 16 heavy (non-hydrogen) atoms. The molecule has 0 unspecified atom stereocenters. The van der Waals surface area contributed by atoms with Gasteiger partial charge in [-0.2, -0.15) is 11.8 Å². The number of hydrogen-bond donors (Lipinski definition) is 0. The van der Waals surface area contributed by atoms with E-state index in [0.717, 1.165) is 17.0 Å². The minimum atomic E-state index is 0.598. The molecule has 2 aromatic heterocycles. The lowest BCUT2D eigenvalue weighted by molar-refractivity contribution is 0.469. The summed E-state index contributed by atoms with van der Waals surface area (Å²) >= 11 is 2.05. The third kappa shape index (κ3) is 1.61. The molecule has 0 amide bonds. The summed E-state index contributed by atoms with van der Waals surface area (Å²) in [6, 6.07) is 4.60. The normalized spacial score (nSPS) is 18.1. The summed E-state index contributed by atoms with van der Waals surface area (Å²) in [7, 11) is 0. The van der Waals surface area contributed by atoms with Crippen molar-refractivity contribution < 1.29 is 0 Å². The molecule has 0 spiro atoms. The molecule has 3 nitrogen and oxygen atoms in total. The first-order valence-corrected chi connectivity index (χ1v) is 6.89. The lowest BCUT2D eigenvalue weighted by Gasteiger charge is -2.24. The highest BCUT2D eigenvalue weighted by atomic mass is 32.2. The van der Waals surface area contributed by atoms with E-state index in [2.05, 4.69) is 33.2 Å². The fourth-order valence-electron chi connectivity index (χ4n) is 2.42. The molecule has 0 aliphatic carbocycles. The predicted octanol–water partition coefficient (Wildman–Crippen LogP) is 2.81. The first kappa shape index (κ1) is 10.1. The maximum absolute atomic E-state index is 4.58. The van der Waals surface area contributed by atoms with Gasteiger partial charge in [0.15, 0.2) is 5.65 Å². The molecular weight excluding hydrogens is 218 g/mol. The van der Waals surface area contributed by atoms with E-state index in [1.165, 1.54) is 24.3 Å². The van der Waals surface area contributed by atoms with Crippen molar-refractivity contribution in [2.45, 2.75) is 25.8 Å². The van der Waals surface area contributed by atoms with Crippen molar-refractivity contribution in [1.82, 2.24) is 14.5 Å². The number of imidazole rings is 1. The Balaban J connectivity index is 2.10. The van der Waals surface area contributed by atoms with E-state index in [1.807, 2.05) is 18.3 Å². The fourth-order valence-corrected chi connectivity index (χ4v) is 3.50. The first-order valence-electron chi connectivity index (χ1n) is 5.73. The van der Waals surface area contributed by atoms with Gasteiger partial charge in [-0.25, -0.2) is 9.97 Å². The van der Waals surface area contributed by atoms with Crippen molar-refractivity contribution in [1.29, 1.82) is 0 Å². The fraction of sp³-hybridized carbons (Fsp3) is 0.500. The Morgan fingerprint density at radius 3 is 3.00 bits per heavy atom. The number of pyridine rings is 1. The number of hydrogen-bond acceptors (Lipinski definition) is 3. The van der Waals surface area contributed by atoms with E-state index >= 15 is 0 Å². The molecule has 1 fully saturated rings. The average molecular weight is 233 g/mol. The van der Waals surface area contributed by atoms with E-state index < -0.39 is 0 Å². The van der Waals surface area contributed by atoms with Gasteiger partial charge in [-0.1, -0.05) is 0 Å². The van der Waals surface area contributed by atoms with Gasteiger partial charge in [0.1, 0.15) is 11.3 Å². The van der Waals surface area contributed by atoms with Crippen molar-refractivity contribution >= 4 is 22.9 Å². The van der Waals surface area contributed by atoms with E-state index in [9.17, 15) is 0 Å². The van der Waals surface area contributed by atoms with Crippen molar-refractivity contribution in [3.8, 4) is 0 Å². The minimum absolute atomic E-state index is 0.598. The highest BCUT2D eigenvalue weighted by Crippen LogP contribution is 2.30. The summed E-state index contributed by atoms with van der Waals surface area (Å²) < 4.78 is 2.33. The van der Waals surface area contributed by atoms with Crippen LogP contribution in [0.3, 0.4) is 0 Å². The van der Waals surface area contributed by atoms with Crippen LogP contribution in [0.5, 0.6) is 0 Å². The second kappa shape index (κ2) is 4.09. The van der Waals surface area contributed by atoms with Gasteiger partial charge < -0.3 is 4.57 Å². The second-order valence-electron chi connectivity index (χ2n) is 4.22. The van der Waals surface area contributed by atoms with Crippen LogP contribution in [-0.2, 0) is 0 Å². The van der Waals surface area contributed by atoms with Crippen LogP contribution in [0.2, 0.25) is 0 Å². The van der Waals surface area contributed by atoms with Crippen LogP contribution >= 0.6 is 11.8 Å². The van der Waals surface area contributed by atoms with Crippen LogP contribution in [0.25, 0.3) is 11.2 Å². The molecule has 1 aliphatic rings. The summed E-state index contributed by atoms with van der Waals surface area (Å²) in [5.74, 6) is 3.62. The van der Waals surface area contributed by atoms with Crippen LogP contribution in [0.1, 0.15) is 24.7 Å². The van der Waals surface area contributed by atoms with Crippen LogP contribution in [0.15, 0.2) is 18.3 Å². The zero-order chi connectivity index (χ0) is 11.0. The summed E-state index contributed by atoms with van der Waals surface area (Å²) in [6.45, 7) is 2.09. The number of rotatable bonds is 1. The van der Waals surface area contributed by atoms with Crippen LogP contribution in [0, 0.1) is 6.92 Å². The van der Waals surface area contributed by atoms with Gasteiger partial charge in [0.2, 0.25) is 0 Å². The molecule has 3 rings (SSSR count). The smallest absolute Gasteiger partial charge is 0.160 e. The Morgan fingerprint density at radius 2 is 2.19 bits per heavy atom. The largest absolute Gasteiger partial charge is 0.310 e. The molecule has 3 heterocycles. The maximum atomic E-state index is 4.58. The summed E-state index contributed by atoms with van der Waals surface area (Å²) in [5, 5.41) is 0. The van der Waals surface area contributed by atoms with Crippen molar-refractivity contribution in [3.05, 3.63) is 24.2 Å². The molecule has 0 bridgehead atoms. The molecule has 0 radical (unpaired) electrons. The molecule has 0 saturated carbocycles. The van der Waals surface area contributed by atoms with Gasteiger partial charge in [0.05, 0.1) is 0 Å². The van der Waals surface area contributed by atoms with Crippen LogP contribution in [-0.4, -0.2) is 26.0 Å². The monoisotopic (exact) mass is 233 g/mol. The third-order valence-electron chi connectivity index (χ3n) is 3.18. The number of fused-ring (bicyclic) bond motifs is 1. The average Bonchev–Trinajstić information content (AvgIpc) is 2.66. The summed E-state index contributed by atoms with van der Waals surface area (Å²) in [4.78, 5) is 9.05. The Morgan fingerprint density at radius 1 is 1.38 bits per heavy atom. The molecule has 0 aromatic carbocycles. The predicted molar refractivity (Wildman–Crippen MR) is 67.9 cm³/mol. The second-order valence-corrected chi connectivity index (χ2v) is 5.44. The zero-order valence-electron chi connectivity index (χ0n) is 9.39. The van der Waals surface area contributed by atoms with Crippen LogP contribution < -0.4 is 0 Å². The standard InChI is InChI=1S/C12H15N3S/c1-9-14-11-3-2-6-13-12(11)15(9)10-4-7-16-8-5-10/h2-3,6,10H,4-5,7-8H2,1H3. The van der Waals surface area contributed by atoms with Gasteiger partial charge in [-0.3, -0.25) is 0 Å². The Hall–Kier alpha value is -1.03. The molecule has 1 aliphatic heterocycles. The van der Waals surface area contributed by atoms with E-state index in [0.29, 0.717) is 6.04 Å². The van der Waals surface area contributed by atoms with Crippen molar-refractivity contribution in [2.75, 3.05) is 11.5 Å². The van der Waals surface area contributed by atoms with Gasteiger partial charge in [-0.15, -0.1) is 0 Å². The lowest BCUT2D eigenvalue weighted by atomic mass is 10.1. The highest BCUT2D eigenvalue weighted by molar-refractivity contribution is 7.99. The molecule has 0 N–H and O–H groups in total. The highest BCUT2D eigenvalue weighted by Gasteiger charge is 2.20. The van der Waals surface area contributed by atoms with Gasteiger partial charge in [-0.05, 0) is 43.4 Å². The van der Waals surface area contributed by atoms with E-state index in [1.54, 1.807) is 0 Å². The molecular formula is C12H15N3S.